The van der Waals surface area contributed by atoms with Gasteiger partial charge in [0.05, 0.1) is 27.7 Å². The molecule has 0 saturated heterocycles. The molecular weight excluding hydrogens is 164 g/mol. The van der Waals surface area contributed by atoms with E-state index >= 15 is 0 Å². The van der Waals surface area contributed by atoms with Crippen LogP contribution in [-0.4, -0.2) is 38.1 Å². The van der Waals surface area contributed by atoms with Crippen LogP contribution in [0, 0.1) is 0 Å². The monoisotopic (exact) mass is 185 g/mol. The highest BCUT2D eigenvalue weighted by molar-refractivity contribution is 5.90. The van der Waals surface area contributed by atoms with Crippen molar-refractivity contribution in [1.82, 2.24) is 0 Å². The Morgan fingerprint density at radius 3 is 1.77 bits per heavy atom. The molecule has 0 heterocycles. The maximum Gasteiger partial charge on any atom is 0.243 e. The molecule has 0 aliphatic heterocycles. The SMILES string of the molecule is C=C(C)C(N)=O.C=CC[N+](C)(C)C. The minimum atomic E-state index is -0.435. The number of quaternary nitrogens is 1. The Morgan fingerprint density at radius 1 is 1.46 bits per heavy atom. The molecule has 1 amide bonds. The van der Waals surface area contributed by atoms with E-state index in [2.05, 4.69) is 34.3 Å². The molecule has 0 atom stereocenters. The minimum absolute atomic E-state index is 0.398. The number of primary amides is 1. The molecule has 0 saturated carbocycles. The molecule has 0 radical (unpaired) electrons. The summed E-state index contributed by atoms with van der Waals surface area (Å²) in [6.45, 7) is 9.52. The Balaban J connectivity index is 0. The van der Waals surface area contributed by atoms with Crippen molar-refractivity contribution in [3.63, 3.8) is 0 Å². The summed E-state index contributed by atoms with van der Waals surface area (Å²) in [7, 11) is 6.42. The fraction of sp³-hybridized carbons (Fsp3) is 0.500. The molecule has 0 aromatic heterocycles. The van der Waals surface area contributed by atoms with Gasteiger partial charge in [-0.15, -0.1) is 0 Å². The predicted octanol–water partition coefficient (Wildman–Crippen LogP) is 0.926. The Kier molecular flexibility index (Phi) is 7.14. The van der Waals surface area contributed by atoms with Crippen LogP contribution in [0.25, 0.3) is 0 Å². The third-order valence-electron chi connectivity index (χ3n) is 1.10. The molecule has 0 aliphatic carbocycles. The van der Waals surface area contributed by atoms with Crippen molar-refractivity contribution in [2.24, 2.45) is 5.73 Å². The smallest absolute Gasteiger partial charge is 0.243 e. The highest BCUT2D eigenvalue weighted by Crippen LogP contribution is 1.86. The quantitative estimate of drug-likeness (QED) is 0.397. The first-order valence-corrected chi connectivity index (χ1v) is 4.07. The van der Waals surface area contributed by atoms with Gasteiger partial charge in [-0.05, 0) is 13.0 Å². The van der Waals surface area contributed by atoms with Crippen LogP contribution >= 0.6 is 0 Å². The van der Waals surface area contributed by atoms with Crippen LogP contribution in [0.2, 0.25) is 0 Å². The number of nitrogens with zero attached hydrogens (tertiary/aromatic N) is 1. The first-order chi connectivity index (χ1) is 5.70. The topological polar surface area (TPSA) is 43.1 Å². The summed E-state index contributed by atoms with van der Waals surface area (Å²) in [6.07, 6.45) is 1.93. The van der Waals surface area contributed by atoms with Gasteiger partial charge in [0, 0.05) is 5.57 Å². The van der Waals surface area contributed by atoms with Crippen LogP contribution < -0.4 is 5.73 Å². The van der Waals surface area contributed by atoms with Gasteiger partial charge >= 0.3 is 0 Å². The fourth-order valence-corrected chi connectivity index (χ4v) is 0.387. The normalized spacial score (nSPS) is 9.54. The van der Waals surface area contributed by atoms with Crippen LogP contribution in [0.1, 0.15) is 6.92 Å². The summed E-state index contributed by atoms with van der Waals surface area (Å²) in [5, 5.41) is 0. The molecule has 3 heteroatoms. The Bertz CT molecular complexity index is 178. The lowest BCUT2D eigenvalue weighted by Gasteiger charge is -2.21. The minimum Gasteiger partial charge on any atom is -0.366 e. The molecule has 0 aliphatic rings. The van der Waals surface area contributed by atoms with Crippen molar-refractivity contribution in [3.8, 4) is 0 Å². The van der Waals surface area contributed by atoms with Gasteiger partial charge in [0.1, 0.15) is 0 Å². The molecular formula is C10H21N2O+. The van der Waals surface area contributed by atoms with Crippen LogP contribution in [0.4, 0.5) is 0 Å². The van der Waals surface area contributed by atoms with Crippen molar-refractivity contribution >= 4 is 5.91 Å². The average molecular weight is 185 g/mol. The van der Waals surface area contributed by atoms with Crippen molar-refractivity contribution in [2.75, 3.05) is 27.7 Å². The molecule has 0 unspecified atom stereocenters. The van der Waals surface area contributed by atoms with Gasteiger partial charge in [0.15, 0.2) is 0 Å². The highest BCUT2D eigenvalue weighted by atomic mass is 16.1. The molecule has 0 aromatic carbocycles. The highest BCUT2D eigenvalue weighted by Gasteiger charge is 1.99. The zero-order valence-electron chi connectivity index (χ0n) is 9.13. The van der Waals surface area contributed by atoms with Crippen LogP contribution in [-0.2, 0) is 4.79 Å². The third-order valence-corrected chi connectivity index (χ3v) is 1.10. The van der Waals surface area contributed by atoms with Crippen LogP contribution in [0.15, 0.2) is 24.8 Å². The predicted molar refractivity (Wildman–Crippen MR) is 57.1 cm³/mol. The van der Waals surface area contributed by atoms with Crippen molar-refractivity contribution in [1.29, 1.82) is 0 Å². The molecule has 0 aromatic rings. The van der Waals surface area contributed by atoms with Gasteiger partial charge in [0.25, 0.3) is 0 Å². The van der Waals surface area contributed by atoms with E-state index in [0.717, 1.165) is 11.0 Å². The van der Waals surface area contributed by atoms with Gasteiger partial charge in [-0.25, -0.2) is 0 Å². The number of likely N-dealkylation sites (N-methyl/N-ethyl adjacent to an activating group) is 1. The molecule has 0 bridgehead atoms. The number of rotatable bonds is 3. The van der Waals surface area contributed by atoms with Crippen molar-refractivity contribution in [2.45, 2.75) is 6.92 Å². The zero-order chi connectivity index (χ0) is 11.1. The van der Waals surface area contributed by atoms with Crippen molar-refractivity contribution in [3.05, 3.63) is 24.8 Å². The maximum absolute atomic E-state index is 9.82. The Labute approximate surface area is 81.1 Å². The summed E-state index contributed by atoms with van der Waals surface area (Å²) in [6, 6.07) is 0. The molecule has 2 N–H and O–H groups in total. The van der Waals surface area contributed by atoms with E-state index in [1.54, 1.807) is 6.92 Å². The summed E-state index contributed by atoms with van der Waals surface area (Å²) in [5.41, 5.74) is 5.09. The van der Waals surface area contributed by atoms with Crippen molar-refractivity contribution < 1.29 is 9.28 Å². The fourth-order valence-electron chi connectivity index (χ4n) is 0.387. The van der Waals surface area contributed by atoms with E-state index in [1.807, 2.05) is 6.08 Å². The molecule has 13 heavy (non-hydrogen) atoms. The number of hydrogen-bond donors (Lipinski definition) is 1. The lowest BCUT2D eigenvalue weighted by Crippen LogP contribution is -2.33. The zero-order valence-corrected chi connectivity index (χ0v) is 9.13. The van der Waals surface area contributed by atoms with Crippen LogP contribution in [0.3, 0.4) is 0 Å². The molecule has 76 valence electrons. The Morgan fingerprint density at radius 2 is 1.77 bits per heavy atom. The second-order valence-electron chi connectivity index (χ2n) is 3.91. The average Bonchev–Trinajstić information content (AvgIpc) is 1.85. The van der Waals surface area contributed by atoms with E-state index in [9.17, 15) is 4.79 Å². The number of amides is 1. The van der Waals surface area contributed by atoms with Gasteiger partial charge in [-0.1, -0.05) is 13.2 Å². The summed E-state index contributed by atoms with van der Waals surface area (Å²) in [5.74, 6) is -0.435. The van der Waals surface area contributed by atoms with Gasteiger partial charge in [0.2, 0.25) is 5.91 Å². The first kappa shape index (κ1) is 14.4. The number of hydrogen-bond acceptors (Lipinski definition) is 1. The van der Waals surface area contributed by atoms with Gasteiger partial charge in [-0.2, -0.15) is 0 Å². The lowest BCUT2D eigenvalue weighted by atomic mass is 10.3. The van der Waals surface area contributed by atoms with E-state index in [0.29, 0.717) is 5.57 Å². The van der Waals surface area contributed by atoms with Crippen LogP contribution in [0.5, 0.6) is 0 Å². The van der Waals surface area contributed by atoms with E-state index < -0.39 is 5.91 Å². The number of carbonyl (C=O) groups is 1. The standard InChI is InChI=1S/C6H14N.C4H7NO/c1-5-6-7(2,3)4;1-3(2)4(5)6/h5H,1,6H2,2-4H3;1H2,2H3,(H2,5,6)/q+1;. The van der Waals surface area contributed by atoms with Gasteiger partial charge < -0.3 is 10.2 Å². The second-order valence-corrected chi connectivity index (χ2v) is 3.91. The molecule has 0 fully saturated rings. The van der Waals surface area contributed by atoms with Gasteiger partial charge in [-0.3, -0.25) is 4.79 Å². The molecule has 0 rings (SSSR count). The van der Waals surface area contributed by atoms with E-state index in [4.69, 9.17) is 5.73 Å². The first-order valence-electron chi connectivity index (χ1n) is 4.07. The molecule has 3 nitrogen and oxygen atoms in total. The maximum atomic E-state index is 9.82. The summed E-state index contributed by atoms with van der Waals surface area (Å²) >= 11 is 0. The summed E-state index contributed by atoms with van der Waals surface area (Å²) < 4.78 is 0.976. The van der Waals surface area contributed by atoms with E-state index in [-0.39, 0.29) is 0 Å². The largest absolute Gasteiger partial charge is 0.366 e. The number of carbonyl (C=O) groups excluding carboxylic acids is 1. The Hall–Kier alpha value is -1.09. The third kappa shape index (κ3) is 18.1. The second kappa shape index (κ2) is 6.43. The van der Waals surface area contributed by atoms with E-state index in [1.165, 1.54) is 0 Å². The molecule has 0 spiro atoms. The summed E-state index contributed by atoms with van der Waals surface area (Å²) in [4.78, 5) is 9.82. The lowest BCUT2D eigenvalue weighted by molar-refractivity contribution is -0.864. The number of nitrogens with two attached hydrogens (primary N) is 1.